The van der Waals surface area contributed by atoms with Crippen molar-refractivity contribution in [1.82, 2.24) is 9.21 Å². The predicted molar refractivity (Wildman–Crippen MR) is 116 cm³/mol. The highest BCUT2D eigenvalue weighted by atomic mass is 35.5. The molecular formula is C21H20ClN3O6S. The van der Waals surface area contributed by atoms with Crippen LogP contribution in [-0.2, 0) is 10.0 Å². The average Bonchev–Trinajstić information content (AvgIpc) is 2.82. The van der Waals surface area contributed by atoms with Gasteiger partial charge < -0.3 is 19.3 Å². The number of amides is 1. The second kappa shape index (κ2) is 8.81. The summed E-state index contributed by atoms with van der Waals surface area (Å²) in [5, 5.41) is 13.5. The number of carbonyl (C=O) groups is 1. The maximum absolute atomic E-state index is 13.0. The van der Waals surface area contributed by atoms with Crippen LogP contribution in [0.2, 0.25) is 5.02 Å². The van der Waals surface area contributed by atoms with Crippen LogP contribution in [0.15, 0.2) is 63.0 Å². The highest BCUT2D eigenvalue weighted by Crippen LogP contribution is 2.25. The number of sulfonamides is 1. The molecule has 0 unspecified atom stereocenters. The maximum atomic E-state index is 13.0. The second-order valence-electron chi connectivity index (χ2n) is 7.08. The SMILES string of the molecule is COc1ccc2/c(=N\O)cc(C(=O)N3CCN(S(=O)(=O)c4ccccc4Cl)CC3)oc2c1. The van der Waals surface area contributed by atoms with E-state index >= 15 is 0 Å². The number of carbonyl (C=O) groups excluding carboxylic acids is 1. The van der Waals surface area contributed by atoms with E-state index in [0.717, 1.165) is 0 Å². The Morgan fingerprint density at radius 2 is 1.84 bits per heavy atom. The van der Waals surface area contributed by atoms with Gasteiger partial charge in [-0.05, 0) is 24.3 Å². The number of halogens is 1. The topological polar surface area (TPSA) is 113 Å². The molecule has 0 atom stereocenters. The predicted octanol–water partition coefficient (Wildman–Crippen LogP) is 2.53. The van der Waals surface area contributed by atoms with Crippen LogP contribution in [0.4, 0.5) is 0 Å². The molecule has 1 fully saturated rings. The van der Waals surface area contributed by atoms with Gasteiger partial charge in [0.25, 0.3) is 5.91 Å². The molecule has 2 heterocycles. The first-order chi connectivity index (χ1) is 15.3. The molecular weight excluding hydrogens is 458 g/mol. The van der Waals surface area contributed by atoms with Crippen molar-refractivity contribution in [2.45, 2.75) is 4.90 Å². The van der Waals surface area contributed by atoms with Crippen molar-refractivity contribution in [3.63, 3.8) is 0 Å². The van der Waals surface area contributed by atoms with E-state index in [9.17, 15) is 18.4 Å². The number of fused-ring (bicyclic) bond motifs is 1. The summed E-state index contributed by atoms with van der Waals surface area (Å²) in [6.07, 6.45) is 0. The number of nitrogens with zero attached hydrogens (tertiary/aromatic N) is 3. The molecule has 9 nitrogen and oxygen atoms in total. The Bertz CT molecular complexity index is 1350. The summed E-state index contributed by atoms with van der Waals surface area (Å²) in [5.74, 6) is 0.0588. The third-order valence-electron chi connectivity index (χ3n) is 5.25. The number of rotatable bonds is 4. The zero-order chi connectivity index (χ0) is 22.9. The molecule has 1 aliphatic heterocycles. The highest BCUT2D eigenvalue weighted by molar-refractivity contribution is 7.89. The zero-order valence-corrected chi connectivity index (χ0v) is 18.6. The fourth-order valence-electron chi connectivity index (χ4n) is 3.54. The van der Waals surface area contributed by atoms with Gasteiger partial charge in [-0.2, -0.15) is 4.31 Å². The van der Waals surface area contributed by atoms with E-state index in [1.165, 1.54) is 34.5 Å². The van der Waals surface area contributed by atoms with Crippen molar-refractivity contribution < 1.29 is 27.6 Å². The lowest BCUT2D eigenvalue weighted by molar-refractivity contribution is 0.0666. The molecule has 0 aliphatic carbocycles. The molecule has 1 saturated heterocycles. The first-order valence-electron chi connectivity index (χ1n) is 9.69. The van der Waals surface area contributed by atoms with E-state index in [-0.39, 0.29) is 47.2 Å². The fourth-order valence-corrected chi connectivity index (χ4v) is 5.46. The smallest absolute Gasteiger partial charge is 0.289 e. The summed E-state index contributed by atoms with van der Waals surface area (Å²) in [6.45, 7) is 0.551. The van der Waals surface area contributed by atoms with Crippen LogP contribution in [0.25, 0.3) is 11.0 Å². The van der Waals surface area contributed by atoms with E-state index in [1.54, 1.807) is 30.3 Å². The highest BCUT2D eigenvalue weighted by Gasteiger charge is 2.32. The van der Waals surface area contributed by atoms with Gasteiger partial charge in [-0.25, -0.2) is 8.42 Å². The maximum Gasteiger partial charge on any atom is 0.289 e. The van der Waals surface area contributed by atoms with Crippen molar-refractivity contribution in [3.05, 3.63) is 64.7 Å². The molecule has 0 radical (unpaired) electrons. The molecule has 1 aliphatic rings. The van der Waals surface area contributed by atoms with Crippen molar-refractivity contribution >= 4 is 38.5 Å². The van der Waals surface area contributed by atoms with E-state index in [4.69, 9.17) is 20.8 Å². The average molecular weight is 478 g/mol. The van der Waals surface area contributed by atoms with Gasteiger partial charge in [0.1, 0.15) is 21.6 Å². The number of benzene rings is 2. The van der Waals surface area contributed by atoms with Crippen molar-refractivity contribution in [2.24, 2.45) is 5.16 Å². The molecule has 0 saturated carbocycles. The minimum Gasteiger partial charge on any atom is -0.497 e. The van der Waals surface area contributed by atoms with Crippen LogP contribution in [-0.4, -0.2) is 62.0 Å². The van der Waals surface area contributed by atoms with Gasteiger partial charge in [0.15, 0.2) is 5.76 Å². The molecule has 4 rings (SSSR count). The molecule has 0 spiro atoms. The minimum atomic E-state index is -3.78. The number of ether oxygens (including phenoxy) is 1. The van der Waals surface area contributed by atoms with Crippen LogP contribution in [0.3, 0.4) is 0 Å². The quantitative estimate of drug-likeness (QED) is 0.456. The number of methoxy groups -OCH3 is 1. The van der Waals surface area contributed by atoms with Crippen LogP contribution in [0.1, 0.15) is 10.6 Å². The largest absolute Gasteiger partial charge is 0.497 e. The zero-order valence-electron chi connectivity index (χ0n) is 17.1. The summed E-state index contributed by atoms with van der Waals surface area (Å²) < 4.78 is 38.1. The lowest BCUT2D eigenvalue weighted by atomic mass is 10.2. The van der Waals surface area contributed by atoms with Gasteiger partial charge in [0.2, 0.25) is 10.0 Å². The lowest BCUT2D eigenvalue weighted by Crippen LogP contribution is -2.50. The molecule has 0 bridgehead atoms. The van der Waals surface area contributed by atoms with Gasteiger partial charge in [0.05, 0.1) is 12.1 Å². The Kier molecular flexibility index (Phi) is 6.09. The van der Waals surface area contributed by atoms with Gasteiger partial charge in [-0.15, -0.1) is 0 Å². The standard InChI is InChI=1S/C21H20ClN3O6S/c1-30-14-6-7-15-17(23-27)13-19(31-18(15)12-14)21(26)24-8-10-25(11-9-24)32(28,29)20-5-3-2-4-16(20)22/h2-7,12-13,27H,8-11H2,1H3/b23-17-. The normalized spacial score (nSPS) is 15.8. The van der Waals surface area contributed by atoms with E-state index in [1.807, 2.05) is 0 Å². The van der Waals surface area contributed by atoms with Crippen molar-refractivity contribution in [1.29, 1.82) is 0 Å². The number of hydrogen-bond acceptors (Lipinski definition) is 7. The molecule has 3 aromatic rings. The second-order valence-corrected chi connectivity index (χ2v) is 9.40. The van der Waals surface area contributed by atoms with Crippen molar-refractivity contribution in [3.8, 4) is 5.75 Å². The summed E-state index contributed by atoms with van der Waals surface area (Å²) in [6, 6.07) is 12.5. The van der Waals surface area contributed by atoms with E-state index in [0.29, 0.717) is 16.7 Å². The first-order valence-corrected chi connectivity index (χ1v) is 11.5. The summed E-state index contributed by atoms with van der Waals surface area (Å²) in [4.78, 5) is 14.6. The van der Waals surface area contributed by atoms with Gasteiger partial charge >= 0.3 is 0 Å². The van der Waals surface area contributed by atoms with Crippen LogP contribution in [0, 0.1) is 0 Å². The van der Waals surface area contributed by atoms with Gasteiger partial charge in [-0.1, -0.05) is 28.9 Å². The molecule has 11 heteroatoms. The molecule has 32 heavy (non-hydrogen) atoms. The fraction of sp³-hybridized carbons (Fsp3) is 0.238. The summed E-state index contributed by atoms with van der Waals surface area (Å²) in [5.41, 5.74) is 0.322. The number of hydrogen-bond donors (Lipinski definition) is 1. The summed E-state index contributed by atoms with van der Waals surface area (Å²) >= 11 is 6.06. The Morgan fingerprint density at radius 1 is 1.12 bits per heavy atom. The molecule has 168 valence electrons. The molecule has 1 amide bonds. The Balaban J connectivity index is 1.56. The third kappa shape index (κ3) is 4.04. The van der Waals surface area contributed by atoms with Crippen LogP contribution >= 0.6 is 11.6 Å². The lowest BCUT2D eigenvalue weighted by Gasteiger charge is -2.33. The number of piperazine rings is 1. The van der Waals surface area contributed by atoms with Gasteiger partial charge in [-0.3, -0.25) is 4.79 Å². The van der Waals surface area contributed by atoms with Crippen LogP contribution < -0.4 is 10.1 Å². The summed E-state index contributed by atoms with van der Waals surface area (Å²) in [7, 11) is -2.27. The Morgan fingerprint density at radius 3 is 2.50 bits per heavy atom. The minimum absolute atomic E-state index is 0.0269. The molecule has 2 aromatic carbocycles. The Hall–Kier alpha value is -3.08. The molecule has 1 aromatic heterocycles. The van der Waals surface area contributed by atoms with E-state index < -0.39 is 15.9 Å². The van der Waals surface area contributed by atoms with Crippen molar-refractivity contribution in [2.75, 3.05) is 33.3 Å². The van der Waals surface area contributed by atoms with Crippen LogP contribution in [0.5, 0.6) is 5.75 Å². The first kappa shape index (κ1) is 22.1. The van der Waals surface area contributed by atoms with E-state index in [2.05, 4.69) is 5.16 Å². The Labute approximate surface area is 189 Å². The van der Waals surface area contributed by atoms with Gasteiger partial charge in [0, 0.05) is 43.7 Å². The molecule has 1 N–H and O–H groups in total. The third-order valence-corrected chi connectivity index (χ3v) is 7.65. The monoisotopic (exact) mass is 477 g/mol.